The zero-order chi connectivity index (χ0) is 17.0. The summed E-state index contributed by atoms with van der Waals surface area (Å²) in [7, 11) is 6.75. The van der Waals surface area contributed by atoms with Gasteiger partial charge < -0.3 is 19.7 Å². The van der Waals surface area contributed by atoms with Crippen molar-refractivity contribution >= 4 is 29.0 Å². The van der Waals surface area contributed by atoms with Crippen molar-refractivity contribution < 1.29 is 14.3 Å². The normalized spacial score (nSPS) is 10.1. The summed E-state index contributed by atoms with van der Waals surface area (Å²) in [6.07, 6.45) is 0. The maximum atomic E-state index is 12.4. The van der Waals surface area contributed by atoms with E-state index < -0.39 is 0 Å². The van der Waals surface area contributed by atoms with Crippen molar-refractivity contribution in [3.8, 4) is 11.5 Å². The van der Waals surface area contributed by atoms with E-state index in [1.807, 2.05) is 14.1 Å². The number of benzene rings is 1. The summed E-state index contributed by atoms with van der Waals surface area (Å²) in [5, 5.41) is 3.06. The van der Waals surface area contributed by atoms with Crippen molar-refractivity contribution in [2.75, 3.05) is 38.5 Å². The van der Waals surface area contributed by atoms with Crippen molar-refractivity contribution in [1.82, 2.24) is 4.98 Å². The first-order valence-corrected chi connectivity index (χ1v) is 7.20. The molecule has 0 aliphatic carbocycles. The molecule has 0 radical (unpaired) electrons. The van der Waals surface area contributed by atoms with Crippen LogP contribution in [0.2, 0.25) is 5.15 Å². The molecule has 6 nitrogen and oxygen atoms in total. The number of aromatic nitrogens is 1. The minimum absolute atomic E-state index is 0.258. The number of halogens is 1. The van der Waals surface area contributed by atoms with Crippen LogP contribution in [0.15, 0.2) is 30.3 Å². The van der Waals surface area contributed by atoms with Gasteiger partial charge in [-0.25, -0.2) is 4.98 Å². The number of carbonyl (C=O) groups excluding carboxylic acids is 1. The van der Waals surface area contributed by atoms with E-state index in [9.17, 15) is 4.79 Å². The zero-order valence-electron chi connectivity index (χ0n) is 13.4. The van der Waals surface area contributed by atoms with E-state index in [1.165, 1.54) is 13.2 Å². The molecule has 1 N–H and O–H groups in total. The average molecular weight is 336 g/mol. The van der Waals surface area contributed by atoms with Gasteiger partial charge in [-0.05, 0) is 24.3 Å². The fourth-order valence-corrected chi connectivity index (χ4v) is 2.16. The molecule has 0 spiro atoms. The maximum Gasteiger partial charge on any atom is 0.255 e. The van der Waals surface area contributed by atoms with Crippen molar-refractivity contribution in [3.63, 3.8) is 0 Å². The summed E-state index contributed by atoms with van der Waals surface area (Å²) < 4.78 is 10.4. The fourth-order valence-electron chi connectivity index (χ4n) is 1.96. The maximum absolute atomic E-state index is 12.4. The van der Waals surface area contributed by atoms with E-state index in [0.29, 0.717) is 28.6 Å². The lowest BCUT2D eigenvalue weighted by Gasteiger charge is -2.14. The molecule has 0 unspecified atom stereocenters. The monoisotopic (exact) mass is 335 g/mol. The molecule has 0 aliphatic rings. The number of nitrogens with one attached hydrogen (secondary N) is 1. The molecule has 1 aromatic carbocycles. The van der Waals surface area contributed by atoms with Crippen molar-refractivity contribution in [2.45, 2.75) is 0 Å². The lowest BCUT2D eigenvalue weighted by Crippen LogP contribution is -2.15. The van der Waals surface area contributed by atoms with E-state index >= 15 is 0 Å². The second-order valence-corrected chi connectivity index (χ2v) is 5.34. The van der Waals surface area contributed by atoms with Crippen LogP contribution in [0.5, 0.6) is 11.5 Å². The molecule has 0 aliphatic heterocycles. The number of hydrogen-bond donors (Lipinski definition) is 1. The summed E-state index contributed by atoms with van der Waals surface area (Å²) in [6.45, 7) is 0. The molecule has 7 heteroatoms. The molecule has 0 saturated heterocycles. The van der Waals surface area contributed by atoms with Gasteiger partial charge in [0.05, 0.1) is 14.2 Å². The molecule has 0 fully saturated rings. The van der Waals surface area contributed by atoms with Gasteiger partial charge in [0.2, 0.25) is 0 Å². The molecule has 2 aromatic rings. The van der Waals surface area contributed by atoms with Crippen LogP contribution in [0.3, 0.4) is 0 Å². The standard InChI is InChI=1S/C16H18ClN3O3/c1-20(2)15-8-10(7-14(17)19-15)16(21)18-11-5-6-12(22-3)13(9-11)23-4/h5-9H,1-4H3,(H,18,21). The first-order chi connectivity index (χ1) is 10.9. The number of carbonyl (C=O) groups is 1. The summed E-state index contributed by atoms with van der Waals surface area (Å²) >= 11 is 5.97. The van der Waals surface area contributed by atoms with Gasteiger partial charge in [0.1, 0.15) is 11.0 Å². The molecule has 1 aromatic heterocycles. The molecule has 23 heavy (non-hydrogen) atoms. The van der Waals surface area contributed by atoms with E-state index in [4.69, 9.17) is 21.1 Å². The SMILES string of the molecule is COc1ccc(NC(=O)c2cc(Cl)nc(N(C)C)c2)cc1OC. The van der Waals surface area contributed by atoms with Crippen LogP contribution >= 0.6 is 11.6 Å². The van der Waals surface area contributed by atoms with Crippen LogP contribution in [0.25, 0.3) is 0 Å². The third-order valence-electron chi connectivity index (χ3n) is 3.14. The minimum atomic E-state index is -0.287. The van der Waals surface area contributed by atoms with Gasteiger partial charge in [0, 0.05) is 31.4 Å². The number of anilines is 2. The van der Waals surface area contributed by atoms with E-state index in [-0.39, 0.29) is 11.1 Å². The first-order valence-electron chi connectivity index (χ1n) is 6.83. The van der Waals surface area contributed by atoms with Crippen LogP contribution in [-0.4, -0.2) is 39.2 Å². The molecule has 0 saturated carbocycles. The van der Waals surface area contributed by atoms with Gasteiger partial charge in [-0.15, -0.1) is 0 Å². The summed E-state index contributed by atoms with van der Waals surface area (Å²) in [5.74, 6) is 1.44. The second kappa shape index (κ2) is 7.19. The lowest BCUT2D eigenvalue weighted by molar-refractivity contribution is 0.102. The van der Waals surface area contributed by atoms with Crippen LogP contribution in [-0.2, 0) is 0 Å². The number of rotatable bonds is 5. The van der Waals surface area contributed by atoms with Crippen LogP contribution in [0.4, 0.5) is 11.5 Å². The Bertz CT molecular complexity index is 720. The Balaban J connectivity index is 2.25. The molecule has 1 amide bonds. The highest BCUT2D eigenvalue weighted by atomic mass is 35.5. The van der Waals surface area contributed by atoms with Gasteiger partial charge in [0.25, 0.3) is 5.91 Å². The van der Waals surface area contributed by atoms with Crippen molar-refractivity contribution in [1.29, 1.82) is 0 Å². The predicted octanol–water partition coefficient (Wildman–Crippen LogP) is 3.07. The third-order valence-corrected chi connectivity index (χ3v) is 3.34. The number of nitrogens with zero attached hydrogens (tertiary/aromatic N) is 2. The van der Waals surface area contributed by atoms with E-state index in [2.05, 4.69) is 10.3 Å². The Morgan fingerprint density at radius 3 is 2.43 bits per heavy atom. The van der Waals surface area contributed by atoms with Gasteiger partial charge in [-0.2, -0.15) is 0 Å². The predicted molar refractivity (Wildman–Crippen MR) is 91.1 cm³/mol. The molecule has 2 rings (SSSR count). The summed E-state index contributed by atoms with van der Waals surface area (Å²) in [6, 6.07) is 8.33. The molecular weight excluding hydrogens is 318 g/mol. The van der Waals surface area contributed by atoms with E-state index in [1.54, 1.807) is 36.3 Å². The third kappa shape index (κ3) is 4.04. The minimum Gasteiger partial charge on any atom is -0.493 e. The Labute approximate surface area is 140 Å². The van der Waals surface area contributed by atoms with Crippen LogP contribution < -0.4 is 19.7 Å². The lowest BCUT2D eigenvalue weighted by atomic mass is 10.2. The number of pyridine rings is 1. The highest BCUT2D eigenvalue weighted by Gasteiger charge is 2.12. The van der Waals surface area contributed by atoms with Crippen LogP contribution in [0.1, 0.15) is 10.4 Å². The molecule has 0 bridgehead atoms. The average Bonchev–Trinajstić information content (AvgIpc) is 2.53. The van der Waals surface area contributed by atoms with Crippen LogP contribution in [0, 0.1) is 0 Å². The molecular formula is C16H18ClN3O3. The summed E-state index contributed by atoms with van der Waals surface area (Å²) in [4.78, 5) is 18.3. The Hall–Kier alpha value is -2.47. The Morgan fingerprint density at radius 1 is 1.13 bits per heavy atom. The highest BCUT2D eigenvalue weighted by Crippen LogP contribution is 2.30. The number of ether oxygens (including phenoxy) is 2. The number of amides is 1. The zero-order valence-corrected chi connectivity index (χ0v) is 14.1. The van der Waals surface area contributed by atoms with Gasteiger partial charge in [-0.3, -0.25) is 4.79 Å². The largest absolute Gasteiger partial charge is 0.493 e. The topological polar surface area (TPSA) is 63.7 Å². The van der Waals surface area contributed by atoms with Gasteiger partial charge in [0.15, 0.2) is 11.5 Å². The quantitative estimate of drug-likeness (QED) is 0.851. The van der Waals surface area contributed by atoms with Crippen molar-refractivity contribution in [2.24, 2.45) is 0 Å². The second-order valence-electron chi connectivity index (χ2n) is 4.96. The van der Waals surface area contributed by atoms with E-state index in [0.717, 1.165) is 0 Å². The van der Waals surface area contributed by atoms with Gasteiger partial charge >= 0.3 is 0 Å². The first kappa shape index (κ1) is 16.9. The smallest absolute Gasteiger partial charge is 0.255 e. The van der Waals surface area contributed by atoms with Gasteiger partial charge in [-0.1, -0.05) is 11.6 Å². The number of hydrogen-bond acceptors (Lipinski definition) is 5. The van der Waals surface area contributed by atoms with Crippen molar-refractivity contribution in [3.05, 3.63) is 41.0 Å². The Kier molecular flexibility index (Phi) is 5.28. The Morgan fingerprint density at radius 2 is 1.83 bits per heavy atom. The fraction of sp³-hybridized carbons (Fsp3) is 0.250. The number of methoxy groups -OCH3 is 2. The molecule has 1 heterocycles. The molecule has 122 valence electrons. The molecule has 0 atom stereocenters. The summed E-state index contributed by atoms with van der Waals surface area (Å²) in [5.41, 5.74) is 1.01. The highest BCUT2D eigenvalue weighted by molar-refractivity contribution is 6.30.